The van der Waals surface area contributed by atoms with Crippen molar-refractivity contribution in [3.05, 3.63) is 29.8 Å². The van der Waals surface area contributed by atoms with Crippen molar-refractivity contribution >= 4 is 5.91 Å². The number of hydrogen-bond acceptors (Lipinski definition) is 4. The van der Waals surface area contributed by atoms with Gasteiger partial charge >= 0.3 is 6.61 Å². The molecule has 0 N–H and O–H groups in total. The van der Waals surface area contributed by atoms with Crippen molar-refractivity contribution in [3.8, 4) is 5.75 Å². The molecule has 0 unspecified atom stereocenters. The van der Waals surface area contributed by atoms with Crippen molar-refractivity contribution in [1.82, 2.24) is 14.7 Å². The van der Waals surface area contributed by atoms with E-state index in [9.17, 15) is 13.6 Å². The number of hydrogen-bond donors (Lipinski definition) is 0. The van der Waals surface area contributed by atoms with Gasteiger partial charge in [0.15, 0.2) is 0 Å². The van der Waals surface area contributed by atoms with Crippen LogP contribution >= 0.6 is 0 Å². The molecule has 146 valence electrons. The molecule has 1 saturated heterocycles. The molecule has 0 spiro atoms. The van der Waals surface area contributed by atoms with E-state index in [1.807, 2.05) is 0 Å². The number of benzene rings is 1. The standard InChI is InChI=1S/C19H29F2N3O2/c1-15(2)12-23-8-10-24(11-9-23)14-18(25)22(3)13-16-4-6-17(7-5-16)26-19(20)21/h4-7,15,19H,8-14H2,1-3H3. The maximum atomic E-state index is 12.4. The maximum absolute atomic E-state index is 12.4. The molecule has 26 heavy (non-hydrogen) atoms. The first kappa shape index (κ1) is 20.6. The smallest absolute Gasteiger partial charge is 0.387 e. The molecule has 2 rings (SSSR count). The highest BCUT2D eigenvalue weighted by Crippen LogP contribution is 2.16. The van der Waals surface area contributed by atoms with E-state index >= 15 is 0 Å². The summed E-state index contributed by atoms with van der Waals surface area (Å²) in [4.78, 5) is 18.7. The number of rotatable bonds is 8. The Labute approximate surface area is 154 Å². The third-order valence-electron chi connectivity index (χ3n) is 4.44. The van der Waals surface area contributed by atoms with Crippen LogP contribution in [0.4, 0.5) is 8.78 Å². The van der Waals surface area contributed by atoms with E-state index in [1.165, 1.54) is 12.1 Å². The largest absolute Gasteiger partial charge is 0.435 e. The minimum absolute atomic E-state index is 0.0650. The van der Waals surface area contributed by atoms with Crippen LogP contribution < -0.4 is 4.74 Å². The zero-order valence-corrected chi connectivity index (χ0v) is 15.8. The Morgan fingerprint density at radius 2 is 1.69 bits per heavy atom. The molecule has 0 radical (unpaired) electrons. The summed E-state index contributed by atoms with van der Waals surface area (Å²) >= 11 is 0. The SMILES string of the molecule is CC(C)CN1CCN(CC(=O)N(C)Cc2ccc(OC(F)F)cc2)CC1. The first-order valence-electron chi connectivity index (χ1n) is 9.06. The second kappa shape index (κ2) is 9.83. The van der Waals surface area contributed by atoms with E-state index in [4.69, 9.17) is 0 Å². The monoisotopic (exact) mass is 369 g/mol. The van der Waals surface area contributed by atoms with Crippen molar-refractivity contribution in [2.24, 2.45) is 5.92 Å². The number of ether oxygens (including phenoxy) is 1. The fraction of sp³-hybridized carbons (Fsp3) is 0.632. The molecule has 0 aromatic heterocycles. The number of carbonyl (C=O) groups is 1. The Balaban J connectivity index is 1.75. The van der Waals surface area contributed by atoms with Crippen LogP contribution in [0.3, 0.4) is 0 Å². The summed E-state index contributed by atoms with van der Waals surface area (Å²) in [6.45, 7) is 7.39. The fourth-order valence-corrected chi connectivity index (χ4v) is 3.10. The van der Waals surface area contributed by atoms with Crippen LogP contribution in [0.1, 0.15) is 19.4 Å². The average molecular weight is 369 g/mol. The minimum Gasteiger partial charge on any atom is -0.435 e. The highest BCUT2D eigenvalue weighted by Gasteiger charge is 2.20. The molecule has 0 saturated carbocycles. The summed E-state index contributed by atoms with van der Waals surface area (Å²) in [5, 5.41) is 0. The number of likely N-dealkylation sites (N-methyl/N-ethyl adjacent to an activating group) is 1. The molecule has 1 fully saturated rings. The summed E-state index contributed by atoms with van der Waals surface area (Å²) in [6.07, 6.45) is 0. The Morgan fingerprint density at radius 1 is 1.12 bits per heavy atom. The summed E-state index contributed by atoms with van der Waals surface area (Å²) < 4.78 is 28.7. The number of carbonyl (C=O) groups excluding carboxylic acids is 1. The second-order valence-electron chi connectivity index (χ2n) is 7.24. The van der Waals surface area contributed by atoms with Gasteiger partial charge in [0.1, 0.15) is 5.75 Å². The molecule has 1 amide bonds. The molecule has 0 bridgehead atoms. The van der Waals surface area contributed by atoms with Crippen molar-refractivity contribution in [1.29, 1.82) is 0 Å². The Hall–Kier alpha value is -1.73. The van der Waals surface area contributed by atoms with E-state index in [-0.39, 0.29) is 11.7 Å². The Bertz CT molecular complexity index is 558. The molecule has 0 aliphatic carbocycles. The van der Waals surface area contributed by atoms with Gasteiger partial charge < -0.3 is 14.5 Å². The molecule has 1 aliphatic heterocycles. The van der Waals surface area contributed by atoms with Crippen LogP contribution in [0, 0.1) is 5.92 Å². The predicted octanol–water partition coefficient (Wildman–Crippen LogP) is 2.52. The van der Waals surface area contributed by atoms with Crippen LogP contribution in [0.25, 0.3) is 0 Å². The molecular formula is C19H29F2N3O2. The van der Waals surface area contributed by atoms with Gasteiger partial charge in [-0.15, -0.1) is 0 Å². The third kappa shape index (κ3) is 6.88. The molecule has 1 heterocycles. The van der Waals surface area contributed by atoms with Gasteiger partial charge in [0.25, 0.3) is 0 Å². The number of alkyl halides is 2. The Morgan fingerprint density at radius 3 is 2.23 bits per heavy atom. The average Bonchev–Trinajstić information content (AvgIpc) is 2.57. The zero-order valence-electron chi connectivity index (χ0n) is 15.8. The van der Waals surface area contributed by atoms with Gasteiger partial charge in [0.2, 0.25) is 5.91 Å². The maximum Gasteiger partial charge on any atom is 0.387 e. The zero-order chi connectivity index (χ0) is 19.1. The Kier molecular flexibility index (Phi) is 7.78. The lowest BCUT2D eigenvalue weighted by atomic mass is 10.2. The van der Waals surface area contributed by atoms with E-state index < -0.39 is 6.61 Å². The number of amides is 1. The summed E-state index contributed by atoms with van der Waals surface area (Å²) in [5.41, 5.74) is 0.879. The van der Waals surface area contributed by atoms with Gasteiger partial charge in [0.05, 0.1) is 6.54 Å². The van der Waals surface area contributed by atoms with E-state index in [2.05, 4.69) is 28.4 Å². The van der Waals surface area contributed by atoms with Gasteiger partial charge in [-0.3, -0.25) is 9.69 Å². The summed E-state index contributed by atoms with van der Waals surface area (Å²) in [6, 6.07) is 6.39. The van der Waals surface area contributed by atoms with Crippen molar-refractivity contribution in [3.63, 3.8) is 0 Å². The van der Waals surface area contributed by atoms with Crippen LogP contribution in [0.5, 0.6) is 5.75 Å². The van der Waals surface area contributed by atoms with Gasteiger partial charge in [-0.05, 0) is 23.6 Å². The van der Waals surface area contributed by atoms with Crippen LogP contribution in [-0.2, 0) is 11.3 Å². The third-order valence-corrected chi connectivity index (χ3v) is 4.44. The quantitative estimate of drug-likeness (QED) is 0.706. The molecule has 7 heteroatoms. The first-order chi connectivity index (χ1) is 12.3. The molecule has 1 aromatic carbocycles. The number of piperazine rings is 1. The van der Waals surface area contributed by atoms with Gasteiger partial charge in [-0.2, -0.15) is 8.78 Å². The van der Waals surface area contributed by atoms with E-state index in [0.717, 1.165) is 38.3 Å². The fourth-order valence-electron chi connectivity index (χ4n) is 3.10. The molecule has 0 atom stereocenters. The first-order valence-corrected chi connectivity index (χ1v) is 9.06. The van der Waals surface area contributed by atoms with Crippen molar-refractivity contribution < 1.29 is 18.3 Å². The van der Waals surface area contributed by atoms with Crippen molar-refractivity contribution in [2.45, 2.75) is 27.0 Å². The van der Waals surface area contributed by atoms with Crippen molar-refractivity contribution in [2.75, 3.05) is 46.3 Å². The van der Waals surface area contributed by atoms with Crippen LogP contribution in [0.2, 0.25) is 0 Å². The lowest BCUT2D eigenvalue weighted by Gasteiger charge is -2.35. The lowest BCUT2D eigenvalue weighted by molar-refractivity contribution is -0.132. The van der Waals surface area contributed by atoms with E-state index in [0.29, 0.717) is 19.0 Å². The molecule has 5 nitrogen and oxygen atoms in total. The van der Waals surface area contributed by atoms with Gasteiger partial charge in [-0.1, -0.05) is 26.0 Å². The normalized spacial score (nSPS) is 16.3. The topological polar surface area (TPSA) is 36.0 Å². The molecule has 1 aliphatic rings. The summed E-state index contributed by atoms with van der Waals surface area (Å²) in [7, 11) is 1.76. The second-order valence-corrected chi connectivity index (χ2v) is 7.24. The highest BCUT2D eigenvalue weighted by atomic mass is 19.3. The number of nitrogens with zero attached hydrogens (tertiary/aromatic N) is 3. The van der Waals surface area contributed by atoms with Crippen LogP contribution in [0.15, 0.2) is 24.3 Å². The minimum atomic E-state index is -2.83. The predicted molar refractivity (Wildman–Crippen MR) is 97.3 cm³/mol. The summed E-state index contributed by atoms with van der Waals surface area (Å²) in [5.74, 6) is 0.846. The van der Waals surface area contributed by atoms with Gasteiger partial charge in [-0.25, -0.2) is 0 Å². The van der Waals surface area contributed by atoms with Gasteiger partial charge in [0, 0.05) is 46.3 Å². The molecular weight excluding hydrogens is 340 g/mol. The highest BCUT2D eigenvalue weighted by molar-refractivity contribution is 5.78. The number of halogens is 2. The van der Waals surface area contributed by atoms with Crippen LogP contribution in [-0.4, -0.2) is 73.5 Å². The lowest BCUT2D eigenvalue weighted by Crippen LogP contribution is -2.50. The molecule has 1 aromatic rings. The van der Waals surface area contributed by atoms with E-state index in [1.54, 1.807) is 24.1 Å².